The highest BCUT2D eigenvalue weighted by Crippen LogP contribution is 2.45. The molecule has 2 saturated heterocycles. The smallest absolute Gasteiger partial charge is 0.345 e. The molecular weight excluding hydrogens is 605 g/mol. The normalized spacial score (nSPS) is 16.4. The van der Waals surface area contributed by atoms with E-state index in [0.29, 0.717) is 6.04 Å². The van der Waals surface area contributed by atoms with Crippen molar-refractivity contribution in [2.75, 3.05) is 39.4 Å². The van der Waals surface area contributed by atoms with Crippen molar-refractivity contribution >= 4 is 44.8 Å². The molecule has 5 heterocycles. The number of hydrogen-bond donors (Lipinski definition) is 1. The van der Waals surface area contributed by atoms with Gasteiger partial charge in [-0.05, 0) is 49.4 Å². The van der Waals surface area contributed by atoms with Crippen LogP contribution in [0.3, 0.4) is 0 Å². The predicted octanol–water partition coefficient (Wildman–Crippen LogP) is 6.80. The lowest BCUT2D eigenvalue weighted by atomic mass is 10.00. The number of aryl methyl sites for hydroxylation is 2. The van der Waals surface area contributed by atoms with Crippen LogP contribution in [0.1, 0.15) is 33.2 Å². The minimum absolute atomic E-state index is 0.0589. The molecule has 232 valence electrons. The first-order chi connectivity index (χ1) is 21.9. The van der Waals surface area contributed by atoms with Gasteiger partial charge in [-0.3, -0.25) is 9.69 Å². The lowest BCUT2D eigenvalue weighted by molar-refractivity contribution is -0.133. The summed E-state index contributed by atoms with van der Waals surface area (Å²) in [5, 5.41) is 11.0. The summed E-state index contributed by atoms with van der Waals surface area (Å²) in [5.74, 6) is -0.900. The second-order valence-electron chi connectivity index (χ2n) is 11.8. The first kappa shape index (κ1) is 29.9. The molecule has 0 saturated carbocycles. The number of thiazole rings is 1. The second kappa shape index (κ2) is 12.5. The van der Waals surface area contributed by atoms with Crippen LogP contribution in [-0.2, 0) is 16.1 Å². The van der Waals surface area contributed by atoms with Crippen LogP contribution in [0, 0.1) is 13.8 Å². The number of fused-ring (bicyclic) bond motifs is 1. The Bertz CT molecular complexity index is 1840. The van der Waals surface area contributed by atoms with E-state index in [0.717, 1.165) is 106 Å². The number of carbonyl (C=O) groups excluding carboxylic acids is 1. The summed E-state index contributed by atoms with van der Waals surface area (Å²) in [6.07, 6.45) is 1.91. The Hall–Kier alpha value is -3.83. The molecule has 2 fully saturated rings. The third-order valence-corrected chi connectivity index (χ3v) is 11.3. The lowest BCUT2D eigenvalue weighted by Crippen LogP contribution is -2.50. The van der Waals surface area contributed by atoms with Gasteiger partial charge in [-0.15, -0.1) is 22.7 Å². The number of nitrogens with zero attached hydrogens (tertiary/aromatic N) is 4. The monoisotopic (exact) mass is 640 g/mol. The van der Waals surface area contributed by atoms with E-state index in [1.807, 2.05) is 41.5 Å². The Balaban J connectivity index is 1.28. The van der Waals surface area contributed by atoms with Gasteiger partial charge in [0.05, 0.1) is 44.7 Å². The molecule has 2 aliphatic rings. The van der Waals surface area contributed by atoms with Crippen LogP contribution in [0.25, 0.3) is 43.0 Å². The minimum atomic E-state index is -0.959. The number of morpholine rings is 1. The van der Waals surface area contributed by atoms with Gasteiger partial charge >= 0.3 is 5.97 Å². The van der Waals surface area contributed by atoms with Crippen molar-refractivity contribution in [1.82, 2.24) is 19.4 Å². The van der Waals surface area contributed by atoms with Gasteiger partial charge in [-0.25, -0.2) is 9.78 Å². The van der Waals surface area contributed by atoms with Crippen molar-refractivity contribution < 1.29 is 19.4 Å². The van der Waals surface area contributed by atoms with E-state index in [9.17, 15) is 14.7 Å². The van der Waals surface area contributed by atoms with Crippen LogP contribution in [0.15, 0.2) is 60.7 Å². The van der Waals surface area contributed by atoms with Gasteiger partial charge in [-0.1, -0.05) is 54.6 Å². The number of piperidine rings is 1. The number of aromatic carboxylic acids is 1. The van der Waals surface area contributed by atoms with Crippen LogP contribution >= 0.6 is 22.7 Å². The lowest BCUT2D eigenvalue weighted by Gasteiger charge is -2.40. The quantitative estimate of drug-likeness (QED) is 0.211. The number of ether oxygens (including phenoxy) is 1. The Kier molecular flexibility index (Phi) is 8.31. The van der Waals surface area contributed by atoms with Gasteiger partial charge in [-0.2, -0.15) is 0 Å². The van der Waals surface area contributed by atoms with Crippen LogP contribution < -0.4 is 0 Å². The molecule has 10 heteroatoms. The number of carboxylic acids is 1. The molecule has 3 aromatic heterocycles. The molecule has 45 heavy (non-hydrogen) atoms. The van der Waals surface area contributed by atoms with Crippen LogP contribution in [0.5, 0.6) is 0 Å². The van der Waals surface area contributed by atoms with Crippen molar-refractivity contribution in [2.45, 2.75) is 39.3 Å². The van der Waals surface area contributed by atoms with E-state index in [4.69, 9.17) is 4.74 Å². The number of carbonyl (C=O) groups is 2. The maximum absolute atomic E-state index is 14.0. The van der Waals surface area contributed by atoms with Gasteiger partial charge in [0, 0.05) is 37.8 Å². The highest BCUT2D eigenvalue weighted by Gasteiger charge is 2.30. The minimum Gasteiger partial charge on any atom is -0.477 e. The molecule has 5 aromatic rings. The van der Waals surface area contributed by atoms with E-state index in [1.54, 1.807) is 17.4 Å². The molecular formula is C35H36N4O4S2. The Morgan fingerprint density at radius 2 is 1.60 bits per heavy atom. The third kappa shape index (κ3) is 5.83. The molecule has 2 aromatic carbocycles. The Morgan fingerprint density at radius 1 is 0.911 bits per heavy atom. The number of rotatable bonds is 7. The maximum Gasteiger partial charge on any atom is 0.345 e. The van der Waals surface area contributed by atoms with Gasteiger partial charge in [0.15, 0.2) is 0 Å². The molecule has 0 aliphatic carbocycles. The van der Waals surface area contributed by atoms with Crippen molar-refractivity contribution in [3.63, 3.8) is 0 Å². The summed E-state index contributed by atoms with van der Waals surface area (Å²) < 4.78 is 8.47. The molecule has 0 spiro atoms. The fourth-order valence-corrected chi connectivity index (χ4v) is 8.80. The number of thiophene rings is 1. The zero-order valence-corrected chi connectivity index (χ0v) is 27.1. The van der Waals surface area contributed by atoms with Gasteiger partial charge in [0.2, 0.25) is 5.91 Å². The highest BCUT2D eigenvalue weighted by molar-refractivity contribution is 7.21. The molecule has 2 aliphatic heterocycles. The SMILES string of the molecule is Cc1nc(C)c(-c2ccc(-c3c(-c4ccccc4)c4sc(C(=O)O)cc4n3CC(=O)N3CCC(N4CCOCC4)CC3)cc2)s1. The molecule has 0 unspecified atom stereocenters. The highest BCUT2D eigenvalue weighted by atomic mass is 32.1. The molecule has 0 bridgehead atoms. The first-order valence-electron chi connectivity index (χ1n) is 15.5. The van der Waals surface area contributed by atoms with E-state index in [1.165, 1.54) is 11.3 Å². The van der Waals surface area contributed by atoms with Gasteiger partial charge < -0.3 is 19.3 Å². The zero-order chi connectivity index (χ0) is 31.1. The van der Waals surface area contributed by atoms with Gasteiger partial charge in [0.25, 0.3) is 0 Å². The average molecular weight is 641 g/mol. The predicted molar refractivity (Wildman–Crippen MR) is 180 cm³/mol. The van der Waals surface area contributed by atoms with Crippen molar-refractivity contribution in [1.29, 1.82) is 0 Å². The van der Waals surface area contributed by atoms with Crippen LogP contribution in [0.4, 0.5) is 0 Å². The maximum atomic E-state index is 14.0. The fraction of sp³-hybridized carbons (Fsp3) is 0.343. The molecule has 8 nitrogen and oxygen atoms in total. The molecule has 7 rings (SSSR count). The standard InChI is InChI=1S/C35H36N4O4S2/c1-22-33(44-23(2)36-22)26-10-8-25(9-11-26)32-31(24-6-4-3-5-7-24)34-28(20-29(45-34)35(41)42)39(32)21-30(40)38-14-12-27(13-15-38)37-16-18-43-19-17-37/h3-11,20,27H,12-19,21H2,1-2H3,(H,41,42). The average Bonchev–Trinajstić information content (AvgIpc) is 3.74. The topological polar surface area (TPSA) is 87.9 Å². The summed E-state index contributed by atoms with van der Waals surface area (Å²) in [6.45, 7) is 9.11. The number of likely N-dealkylation sites (tertiary alicyclic amines) is 1. The van der Waals surface area contributed by atoms with Gasteiger partial charge in [0.1, 0.15) is 11.4 Å². The van der Waals surface area contributed by atoms with E-state index < -0.39 is 5.97 Å². The Morgan fingerprint density at radius 3 is 2.24 bits per heavy atom. The fourth-order valence-electron chi connectivity index (χ4n) is 6.80. The van der Waals surface area contributed by atoms with Crippen LogP contribution in [0.2, 0.25) is 0 Å². The van der Waals surface area contributed by atoms with Crippen molar-refractivity contribution in [2.24, 2.45) is 0 Å². The van der Waals surface area contributed by atoms with E-state index in [2.05, 4.69) is 46.3 Å². The number of amides is 1. The van der Waals surface area contributed by atoms with E-state index >= 15 is 0 Å². The molecule has 0 atom stereocenters. The summed E-state index contributed by atoms with van der Waals surface area (Å²) in [6, 6.07) is 20.8. The van der Waals surface area contributed by atoms with Crippen molar-refractivity contribution in [3.05, 3.63) is 76.2 Å². The van der Waals surface area contributed by atoms with Crippen LogP contribution in [-0.4, -0.2) is 81.8 Å². The third-order valence-electron chi connectivity index (χ3n) is 9.01. The van der Waals surface area contributed by atoms with E-state index in [-0.39, 0.29) is 17.3 Å². The molecule has 1 N–H and O–H groups in total. The molecule has 1 amide bonds. The first-order valence-corrected chi connectivity index (χ1v) is 17.1. The molecule has 0 radical (unpaired) electrons. The number of aromatic nitrogens is 2. The second-order valence-corrected chi connectivity index (χ2v) is 14.0. The largest absolute Gasteiger partial charge is 0.477 e. The Labute approximate surface area is 270 Å². The van der Waals surface area contributed by atoms with Crippen molar-refractivity contribution in [3.8, 4) is 32.8 Å². The number of hydrogen-bond acceptors (Lipinski definition) is 7. The summed E-state index contributed by atoms with van der Waals surface area (Å²) in [4.78, 5) is 36.6. The number of benzene rings is 2. The summed E-state index contributed by atoms with van der Waals surface area (Å²) in [5.41, 5.74) is 6.76. The zero-order valence-electron chi connectivity index (χ0n) is 25.5. The summed E-state index contributed by atoms with van der Waals surface area (Å²) in [7, 11) is 0. The summed E-state index contributed by atoms with van der Waals surface area (Å²) >= 11 is 2.96. The number of carboxylic acid groups (broad SMARTS) is 1.